The second kappa shape index (κ2) is 5.38. The Morgan fingerprint density at radius 2 is 2.08 bits per heavy atom. The van der Waals surface area contributed by atoms with Gasteiger partial charge < -0.3 is 24.8 Å². The number of methoxy groups -OCH3 is 2. The van der Waals surface area contributed by atoms with E-state index in [1.165, 1.54) is 28.2 Å². The Bertz CT molecular complexity index is 802. The maximum atomic E-state index is 13.3. The van der Waals surface area contributed by atoms with Crippen molar-refractivity contribution in [2.75, 3.05) is 34.4 Å². The van der Waals surface area contributed by atoms with Crippen LogP contribution in [-0.2, 0) is 19.1 Å². The van der Waals surface area contributed by atoms with Gasteiger partial charge in [-0.3, -0.25) is 14.5 Å². The van der Waals surface area contributed by atoms with E-state index in [4.69, 9.17) is 4.74 Å². The van der Waals surface area contributed by atoms with Gasteiger partial charge in [-0.25, -0.2) is 4.79 Å². The van der Waals surface area contributed by atoms with Crippen LogP contribution in [-0.4, -0.2) is 84.8 Å². The molecule has 26 heavy (non-hydrogen) atoms. The predicted molar refractivity (Wildman–Crippen MR) is 87.6 cm³/mol. The first-order valence-corrected chi connectivity index (χ1v) is 8.40. The summed E-state index contributed by atoms with van der Waals surface area (Å²) >= 11 is 0. The highest BCUT2D eigenvalue weighted by molar-refractivity contribution is 6.26. The molecule has 0 aromatic carbocycles. The number of rotatable bonds is 3. The Morgan fingerprint density at radius 3 is 2.65 bits per heavy atom. The number of nitrogens with zero attached hydrogens (tertiary/aromatic N) is 2. The Kier molecular flexibility index (Phi) is 3.56. The summed E-state index contributed by atoms with van der Waals surface area (Å²) in [6.45, 7) is 1.71. The number of aliphatic hydroxyl groups is 1. The minimum absolute atomic E-state index is 0.0215. The number of nitrogens with one attached hydrogen (secondary N) is 1. The van der Waals surface area contributed by atoms with Crippen LogP contribution in [0.3, 0.4) is 0 Å². The number of fused-ring (bicyclic) bond motifs is 4. The summed E-state index contributed by atoms with van der Waals surface area (Å²) in [7, 11) is 4.11. The third-order valence-electron chi connectivity index (χ3n) is 5.97. The van der Waals surface area contributed by atoms with Crippen molar-refractivity contribution in [2.45, 2.75) is 24.7 Å². The van der Waals surface area contributed by atoms with Gasteiger partial charge in [0.15, 0.2) is 5.72 Å². The molecule has 4 rings (SSSR count). The van der Waals surface area contributed by atoms with Crippen molar-refractivity contribution >= 4 is 17.7 Å². The van der Waals surface area contributed by atoms with E-state index >= 15 is 0 Å². The molecule has 2 fully saturated rings. The molecule has 1 aliphatic carbocycles. The van der Waals surface area contributed by atoms with Gasteiger partial charge in [0.05, 0.1) is 31.4 Å². The standard InChI is InChI=1S/C17H21N3O6/c1-7-11(19(2)16(24)25-3)14(23)10-8(6-21)17(26-4)15-9(18-15)5-20(17)12(10)13(7)22/h8-9,15,18,21H,5-6H2,1-4H3. The lowest BCUT2D eigenvalue weighted by molar-refractivity contribution is -0.137. The molecule has 0 aromatic heterocycles. The zero-order valence-electron chi connectivity index (χ0n) is 15.0. The fourth-order valence-corrected chi connectivity index (χ4v) is 4.76. The van der Waals surface area contributed by atoms with Crippen LogP contribution in [0.2, 0.25) is 0 Å². The van der Waals surface area contributed by atoms with E-state index < -0.39 is 23.5 Å². The van der Waals surface area contributed by atoms with Crippen LogP contribution in [0.1, 0.15) is 6.92 Å². The van der Waals surface area contributed by atoms with Crippen molar-refractivity contribution in [3.63, 3.8) is 0 Å². The van der Waals surface area contributed by atoms with Gasteiger partial charge in [0.25, 0.3) is 0 Å². The number of aliphatic hydroxyl groups excluding tert-OH is 1. The monoisotopic (exact) mass is 363 g/mol. The first-order valence-electron chi connectivity index (χ1n) is 8.40. The zero-order valence-corrected chi connectivity index (χ0v) is 15.0. The van der Waals surface area contributed by atoms with Gasteiger partial charge in [0, 0.05) is 37.9 Å². The number of ketones is 2. The smallest absolute Gasteiger partial charge is 0.413 e. The molecule has 0 spiro atoms. The first kappa shape index (κ1) is 17.2. The molecule has 0 aromatic rings. The van der Waals surface area contributed by atoms with Gasteiger partial charge in [-0.1, -0.05) is 0 Å². The summed E-state index contributed by atoms with van der Waals surface area (Å²) < 4.78 is 10.5. The Morgan fingerprint density at radius 1 is 1.38 bits per heavy atom. The topological polar surface area (TPSA) is 118 Å². The number of likely N-dealkylation sites (N-methyl/N-ethyl adjacent to an activating group) is 1. The molecule has 1 amide bonds. The number of hydrogen-bond donors (Lipinski definition) is 2. The second-order valence-electron chi connectivity index (χ2n) is 6.98. The number of hydrogen-bond acceptors (Lipinski definition) is 8. The van der Waals surface area contributed by atoms with Crippen LogP contribution in [0.4, 0.5) is 4.79 Å². The van der Waals surface area contributed by atoms with Gasteiger partial charge >= 0.3 is 6.09 Å². The molecule has 3 heterocycles. The number of carbonyl (C=O) groups excluding carboxylic acids is 3. The zero-order chi connectivity index (χ0) is 19.0. The van der Waals surface area contributed by atoms with Crippen molar-refractivity contribution in [1.82, 2.24) is 15.1 Å². The van der Waals surface area contributed by atoms with Gasteiger partial charge in [-0.15, -0.1) is 0 Å². The predicted octanol–water partition coefficient (Wildman–Crippen LogP) is -1.01. The third kappa shape index (κ3) is 1.77. The fraction of sp³-hybridized carbons (Fsp3) is 0.588. The number of allylic oxidation sites excluding steroid dienone is 2. The van der Waals surface area contributed by atoms with Gasteiger partial charge in [0.1, 0.15) is 5.70 Å². The fourth-order valence-electron chi connectivity index (χ4n) is 4.76. The summed E-state index contributed by atoms with van der Waals surface area (Å²) in [5, 5.41) is 13.4. The summed E-state index contributed by atoms with van der Waals surface area (Å²) in [6, 6.07) is 0.113. The van der Waals surface area contributed by atoms with Crippen molar-refractivity contribution < 1.29 is 29.0 Å². The van der Waals surface area contributed by atoms with Crippen LogP contribution in [0.15, 0.2) is 22.5 Å². The van der Waals surface area contributed by atoms with Crippen LogP contribution < -0.4 is 5.32 Å². The summed E-state index contributed by atoms with van der Waals surface area (Å²) in [6.07, 6.45) is -0.742. The van der Waals surface area contributed by atoms with Crippen molar-refractivity contribution in [2.24, 2.45) is 5.92 Å². The first-order chi connectivity index (χ1) is 12.3. The number of amides is 1. The molecule has 3 aliphatic heterocycles. The summed E-state index contributed by atoms with van der Waals surface area (Å²) in [5.41, 5.74) is -0.313. The largest absolute Gasteiger partial charge is 0.452 e. The number of piperazine rings is 1. The minimum Gasteiger partial charge on any atom is -0.452 e. The highest BCUT2D eigenvalue weighted by Crippen LogP contribution is 2.55. The number of Topliss-reactive ketones (excluding diaryl/α,β-unsaturated/α-hetero) is 2. The molecule has 9 heteroatoms. The van der Waals surface area contributed by atoms with E-state index in [1.54, 1.807) is 0 Å². The van der Waals surface area contributed by atoms with Crippen LogP contribution in [0.25, 0.3) is 0 Å². The quantitative estimate of drug-likeness (QED) is 0.483. The SMILES string of the molecule is COC(=O)N(C)C1=C(C)C(=O)C2=C(C1=O)C(CO)C1(OC)C3NC3CN21. The summed E-state index contributed by atoms with van der Waals surface area (Å²) in [5.74, 6) is -1.46. The van der Waals surface area contributed by atoms with Crippen LogP contribution in [0, 0.1) is 5.92 Å². The molecule has 9 nitrogen and oxygen atoms in total. The molecule has 4 aliphatic rings. The van der Waals surface area contributed by atoms with E-state index in [0.717, 1.165) is 4.90 Å². The number of ether oxygens (including phenoxy) is 2. The third-order valence-corrected chi connectivity index (χ3v) is 5.97. The summed E-state index contributed by atoms with van der Waals surface area (Å²) in [4.78, 5) is 41.2. The average Bonchev–Trinajstić information content (AvgIpc) is 3.24. The Hall–Kier alpha value is -2.23. The molecule has 2 N–H and O–H groups in total. The minimum atomic E-state index is -0.963. The lowest BCUT2D eigenvalue weighted by atomic mass is 9.82. The molecule has 140 valence electrons. The molecular weight excluding hydrogens is 342 g/mol. The van der Waals surface area contributed by atoms with E-state index in [9.17, 15) is 19.5 Å². The molecule has 2 saturated heterocycles. The Labute approximate surface area is 150 Å². The maximum Gasteiger partial charge on any atom is 0.413 e. The van der Waals surface area contributed by atoms with Crippen molar-refractivity contribution in [1.29, 1.82) is 0 Å². The van der Waals surface area contributed by atoms with E-state index in [2.05, 4.69) is 10.1 Å². The highest BCUT2D eigenvalue weighted by atomic mass is 16.5. The highest BCUT2D eigenvalue weighted by Gasteiger charge is 2.72. The lowest BCUT2D eigenvalue weighted by Gasteiger charge is -2.39. The lowest BCUT2D eigenvalue weighted by Crippen LogP contribution is -2.54. The molecule has 0 radical (unpaired) electrons. The van der Waals surface area contributed by atoms with Crippen LogP contribution in [0.5, 0.6) is 0 Å². The Balaban J connectivity index is 1.84. The maximum absolute atomic E-state index is 13.3. The second-order valence-corrected chi connectivity index (χ2v) is 6.98. The number of carbonyl (C=O) groups is 3. The van der Waals surface area contributed by atoms with Crippen molar-refractivity contribution in [3.05, 3.63) is 22.5 Å². The van der Waals surface area contributed by atoms with Gasteiger partial charge in [-0.05, 0) is 6.92 Å². The van der Waals surface area contributed by atoms with E-state index in [1.807, 2.05) is 4.90 Å². The molecule has 0 saturated carbocycles. The molecule has 0 bridgehead atoms. The van der Waals surface area contributed by atoms with Crippen molar-refractivity contribution in [3.8, 4) is 0 Å². The molecule has 4 unspecified atom stereocenters. The normalized spacial score (nSPS) is 34.8. The van der Waals surface area contributed by atoms with E-state index in [0.29, 0.717) is 6.54 Å². The molecule has 4 atom stereocenters. The van der Waals surface area contributed by atoms with Gasteiger partial charge in [0.2, 0.25) is 11.6 Å². The van der Waals surface area contributed by atoms with Gasteiger partial charge in [-0.2, -0.15) is 0 Å². The average molecular weight is 363 g/mol. The molecular formula is C17H21N3O6. The van der Waals surface area contributed by atoms with Crippen LogP contribution >= 0.6 is 0 Å². The van der Waals surface area contributed by atoms with E-state index in [-0.39, 0.29) is 47.0 Å².